The number of rotatable bonds is 2. The number of hydrogen-bond donors (Lipinski definition) is 0. The van der Waals surface area contributed by atoms with Gasteiger partial charge in [0.15, 0.2) is 0 Å². The van der Waals surface area contributed by atoms with Crippen LogP contribution in [0.5, 0.6) is 0 Å². The predicted octanol–water partition coefficient (Wildman–Crippen LogP) is 10.8. The van der Waals surface area contributed by atoms with Gasteiger partial charge < -0.3 is 0 Å². The van der Waals surface area contributed by atoms with E-state index in [1.54, 1.807) is 0 Å². The van der Waals surface area contributed by atoms with Gasteiger partial charge in [0.2, 0.25) is 0 Å². The molecule has 0 aromatic heterocycles. The lowest BCUT2D eigenvalue weighted by Gasteiger charge is -2.22. The summed E-state index contributed by atoms with van der Waals surface area (Å²) in [6.45, 7) is 4.71. The van der Waals surface area contributed by atoms with Gasteiger partial charge in [-0.05, 0) is 82.9 Å². The average Bonchev–Trinajstić information content (AvgIpc) is 3.24. The maximum atomic E-state index is 2.41. The van der Waals surface area contributed by atoms with E-state index < -0.39 is 0 Å². The summed E-state index contributed by atoms with van der Waals surface area (Å²) in [7, 11) is 0. The lowest BCUT2D eigenvalue weighted by molar-refractivity contribution is 0.660. The highest BCUT2D eigenvalue weighted by molar-refractivity contribution is 6.25. The van der Waals surface area contributed by atoms with Gasteiger partial charge in [-0.15, -0.1) is 0 Å². The van der Waals surface area contributed by atoms with Gasteiger partial charge in [-0.3, -0.25) is 0 Å². The Labute approximate surface area is 229 Å². The molecule has 0 N–H and O–H groups in total. The molecule has 8 rings (SSSR count). The van der Waals surface area contributed by atoms with Crippen LogP contribution in [0.3, 0.4) is 0 Å². The van der Waals surface area contributed by atoms with Crippen molar-refractivity contribution in [3.8, 4) is 33.4 Å². The minimum Gasteiger partial charge on any atom is -0.0619 e. The van der Waals surface area contributed by atoms with Crippen molar-refractivity contribution in [2.45, 2.75) is 19.3 Å². The summed E-state index contributed by atoms with van der Waals surface area (Å²) in [5, 5.41) is 7.86. The Kier molecular flexibility index (Phi) is 4.67. The normalized spacial score (nSPS) is 13.6. The minimum atomic E-state index is -0.0141. The molecule has 0 aliphatic heterocycles. The summed E-state index contributed by atoms with van der Waals surface area (Å²) in [6.07, 6.45) is 0. The first kappa shape index (κ1) is 22.3. The smallest absolute Gasteiger partial charge is 0.0159 e. The molecule has 0 bridgehead atoms. The Morgan fingerprint density at radius 2 is 0.846 bits per heavy atom. The molecule has 7 aromatic rings. The molecule has 0 amide bonds. The topological polar surface area (TPSA) is 0 Å². The fourth-order valence-electron chi connectivity index (χ4n) is 7.02. The van der Waals surface area contributed by atoms with Crippen LogP contribution in [0.2, 0.25) is 0 Å². The molecule has 0 heterocycles. The summed E-state index contributed by atoms with van der Waals surface area (Å²) in [5.41, 5.74) is 10.7. The zero-order chi connectivity index (χ0) is 26.1. The molecule has 0 unspecified atom stereocenters. The number of hydrogen-bond acceptors (Lipinski definition) is 0. The Balaban J connectivity index is 1.41. The predicted molar refractivity (Wildman–Crippen MR) is 167 cm³/mol. The van der Waals surface area contributed by atoms with Crippen molar-refractivity contribution in [2.75, 3.05) is 0 Å². The van der Waals surface area contributed by atoms with Gasteiger partial charge >= 0.3 is 0 Å². The lowest BCUT2D eigenvalue weighted by atomic mass is 9.81. The van der Waals surface area contributed by atoms with Crippen LogP contribution in [0.15, 0.2) is 133 Å². The molecule has 0 nitrogen and oxygen atoms in total. The van der Waals surface area contributed by atoms with Crippen LogP contribution >= 0.6 is 0 Å². The molecule has 1 aliphatic rings. The summed E-state index contributed by atoms with van der Waals surface area (Å²) >= 11 is 0. The SMILES string of the molecule is CC1(C)c2ccccc2-c2c(-c3ccccc3-c3ccc4c5ccccc5c5ccccc5c4c3)cccc21. The van der Waals surface area contributed by atoms with Gasteiger partial charge in [-0.1, -0.05) is 141 Å². The molecule has 39 heavy (non-hydrogen) atoms. The summed E-state index contributed by atoms with van der Waals surface area (Å²) < 4.78 is 0. The standard InChI is InChI=1S/C39H28/c1-39(2)36-20-10-9-18-34(36)38-33(19-11-21-37(38)39)27-13-4-3-12-26(27)25-22-23-32-30-16-6-5-14-28(30)29-15-7-8-17-31(29)35(32)24-25/h3-24H,1-2H3. The number of fused-ring (bicyclic) bond motifs is 9. The average molecular weight is 497 g/mol. The maximum absolute atomic E-state index is 2.41. The van der Waals surface area contributed by atoms with E-state index >= 15 is 0 Å². The highest BCUT2D eigenvalue weighted by Crippen LogP contribution is 2.53. The quantitative estimate of drug-likeness (QED) is 0.209. The Morgan fingerprint density at radius 1 is 0.359 bits per heavy atom. The van der Waals surface area contributed by atoms with Crippen molar-refractivity contribution in [3.63, 3.8) is 0 Å². The van der Waals surface area contributed by atoms with Gasteiger partial charge in [0.25, 0.3) is 0 Å². The number of benzene rings is 7. The lowest BCUT2D eigenvalue weighted by Crippen LogP contribution is -2.14. The summed E-state index contributed by atoms with van der Waals surface area (Å²) in [5.74, 6) is 0. The van der Waals surface area contributed by atoms with Gasteiger partial charge in [0.1, 0.15) is 0 Å². The second-order valence-electron chi connectivity index (χ2n) is 11.3. The molecular formula is C39H28. The van der Waals surface area contributed by atoms with Crippen molar-refractivity contribution >= 4 is 32.3 Å². The third-order valence-electron chi connectivity index (χ3n) is 8.88. The van der Waals surface area contributed by atoms with Crippen LogP contribution < -0.4 is 0 Å². The zero-order valence-electron chi connectivity index (χ0n) is 22.2. The first-order valence-corrected chi connectivity index (χ1v) is 13.8. The molecule has 0 radical (unpaired) electrons. The molecule has 0 heteroatoms. The Bertz CT molecular complexity index is 2060. The highest BCUT2D eigenvalue weighted by Gasteiger charge is 2.36. The molecule has 0 spiro atoms. The van der Waals surface area contributed by atoms with Crippen molar-refractivity contribution in [1.29, 1.82) is 0 Å². The van der Waals surface area contributed by atoms with Crippen LogP contribution in [0.1, 0.15) is 25.0 Å². The molecule has 0 saturated heterocycles. The van der Waals surface area contributed by atoms with E-state index in [0.717, 1.165) is 0 Å². The van der Waals surface area contributed by atoms with Crippen LogP contribution in [-0.4, -0.2) is 0 Å². The van der Waals surface area contributed by atoms with Crippen molar-refractivity contribution < 1.29 is 0 Å². The molecule has 184 valence electrons. The summed E-state index contributed by atoms with van der Waals surface area (Å²) in [6, 6.07) is 49.4. The monoisotopic (exact) mass is 496 g/mol. The van der Waals surface area contributed by atoms with E-state index in [0.29, 0.717) is 0 Å². The summed E-state index contributed by atoms with van der Waals surface area (Å²) in [4.78, 5) is 0. The van der Waals surface area contributed by atoms with Gasteiger partial charge in [0.05, 0.1) is 0 Å². The Morgan fingerprint density at radius 3 is 1.54 bits per heavy atom. The molecular weight excluding hydrogens is 468 g/mol. The van der Waals surface area contributed by atoms with Crippen LogP contribution in [0.4, 0.5) is 0 Å². The minimum absolute atomic E-state index is 0.0141. The van der Waals surface area contributed by atoms with E-state index in [4.69, 9.17) is 0 Å². The first-order chi connectivity index (χ1) is 19.1. The molecule has 1 aliphatic carbocycles. The third-order valence-corrected chi connectivity index (χ3v) is 8.88. The second-order valence-corrected chi connectivity index (χ2v) is 11.3. The molecule has 0 atom stereocenters. The van der Waals surface area contributed by atoms with Crippen LogP contribution in [0, 0.1) is 0 Å². The first-order valence-electron chi connectivity index (χ1n) is 13.8. The van der Waals surface area contributed by atoms with Crippen LogP contribution in [0.25, 0.3) is 65.7 Å². The molecule has 0 fully saturated rings. The van der Waals surface area contributed by atoms with Crippen molar-refractivity contribution in [3.05, 3.63) is 145 Å². The fraction of sp³-hybridized carbons (Fsp3) is 0.0769. The molecule has 0 saturated carbocycles. The van der Waals surface area contributed by atoms with Gasteiger partial charge in [0, 0.05) is 5.41 Å². The van der Waals surface area contributed by atoms with Crippen molar-refractivity contribution in [1.82, 2.24) is 0 Å². The largest absolute Gasteiger partial charge is 0.0619 e. The third kappa shape index (κ3) is 3.12. The van der Waals surface area contributed by atoms with E-state index in [2.05, 4.69) is 147 Å². The Hall–Kier alpha value is -4.68. The van der Waals surface area contributed by atoms with E-state index in [1.165, 1.54) is 76.8 Å². The zero-order valence-corrected chi connectivity index (χ0v) is 22.2. The van der Waals surface area contributed by atoms with Gasteiger partial charge in [-0.2, -0.15) is 0 Å². The van der Waals surface area contributed by atoms with E-state index in [-0.39, 0.29) is 5.41 Å². The fourth-order valence-corrected chi connectivity index (χ4v) is 7.02. The van der Waals surface area contributed by atoms with Crippen molar-refractivity contribution in [2.24, 2.45) is 0 Å². The maximum Gasteiger partial charge on any atom is 0.0159 e. The van der Waals surface area contributed by atoms with E-state index in [9.17, 15) is 0 Å². The van der Waals surface area contributed by atoms with Gasteiger partial charge in [-0.25, -0.2) is 0 Å². The second kappa shape index (κ2) is 8.16. The highest BCUT2D eigenvalue weighted by atomic mass is 14.4. The van der Waals surface area contributed by atoms with E-state index in [1.807, 2.05) is 0 Å². The van der Waals surface area contributed by atoms with Crippen LogP contribution in [-0.2, 0) is 5.41 Å². The molecule has 7 aromatic carbocycles.